The van der Waals surface area contributed by atoms with E-state index in [1.807, 2.05) is 24.3 Å². The van der Waals surface area contributed by atoms with Gasteiger partial charge in [-0.1, -0.05) is 43.3 Å². The zero-order valence-electron chi connectivity index (χ0n) is 17.0. The Bertz CT molecular complexity index is 1110. The summed E-state index contributed by atoms with van der Waals surface area (Å²) in [7, 11) is -3.70. The molecule has 3 aromatic rings. The van der Waals surface area contributed by atoms with E-state index < -0.39 is 15.8 Å². The van der Waals surface area contributed by atoms with Crippen molar-refractivity contribution in [1.82, 2.24) is 14.4 Å². The minimum absolute atomic E-state index is 0.0843. The van der Waals surface area contributed by atoms with Crippen molar-refractivity contribution in [3.63, 3.8) is 0 Å². The number of halogens is 1. The van der Waals surface area contributed by atoms with Gasteiger partial charge in [-0.3, -0.25) is 0 Å². The van der Waals surface area contributed by atoms with Gasteiger partial charge in [0.2, 0.25) is 21.7 Å². The first-order valence-corrected chi connectivity index (χ1v) is 11.5. The van der Waals surface area contributed by atoms with Crippen molar-refractivity contribution in [2.24, 2.45) is 0 Å². The van der Waals surface area contributed by atoms with Gasteiger partial charge < -0.3 is 4.52 Å². The highest BCUT2D eigenvalue weighted by Crippen LogP contribution is 2.31. The van der Waals surface area contributed by atoms with E-state index in [1.54, 1.807) is 0 Å². The predicted molar refractivity (Wildman–Crippen MR) is 111 cm³/mol. The highest BCUT2D eigenvalue weighted by molar-refractivity contribution is 7.89. The van der Waals surface area contributed by atoms with Crippen molar-refractivity contribution in [1.29, 1.82) is 0 Å². The van der Waals surface area contributed by atoms with Crippen LogP contribution in [0.3, 0.4) is 0 Å². The summed E-state index contributed by atoms with van der Waals surface area (Å²) in [5, 5.41) is 4.10. The molecular weight excluding hydrogens is 405 g/mol. The van der Waals surface area contributed by atoms with E-state index in [0.717, 1.165) is 24.1 Å². The molecule has 8 heteroatoms. The molecule has 0 amide bonds. The lowest BCUT2D eigenvalue weighted by Gasteiger charge is -2.30. The smallest absolute Gasteiger partial charge is 0.243 e. The molecule has 0 unspecified atom stereocenters. The molecule has 0 saturated carbocycles. The normalized spacial score (nSPS) is 18.1. The van der Waals surface area contributed by atoms with Crippen LogP contribution in [-0.2, 0) is 10.0 Å². The molecule has 158 valence electrons. The molecule has 0 spiro atoms. The van der Waals surface area contributed by atoms with Crippen LogP contribution >= 0.6 is 0 Å². The van der Waals surface area contributed by atoms with Crippen LogP contribution in [0.2, 0.25) is 0 Å². The van der Waals surface area contributed by atoms with E-state index in [4.69, 9.17) is 4.52 Å². The SMILES string of the molecule is CC(C)c1ccc(-c2noc([C@H]3CCCN(S(=O)(=O)c4ccc(F)cc4)C3)n2)cc1. The fraction of sp³-hybridized carbons (Fsp3) is 0.364. The van der Waals surface area contributed by atoms with Crippen LogP contribution in [0.5, 0.6) is 0 Å². The van der Waals surface area contributed by atoms with E-state index in [0.29, 0.717) is 30.6 Å². The fourth-order valence-electron chi connectivity index (χ4n) is 3.65. The average Bonchev–Trinajstić information content (AvgIpc) is 3.24. The third-order valence-corrected chi connectivity index (χ3v) is 7.34. The maximum atomic E-state index is 13.2. The van der Waals surface area contributed by atoms with Gasteiger partial charge in [0.05, 0.1) is 10.8 Å². The first-order valence-electron chi connectivity index (χ1n) is 10.0. The van der Waals surface area contributed by atoms with Crippen molar-refractivity contribution >= 4 is 10.0 Å². The van der Waals surface area contributed by atoms with E-state index in [-0.39, 0.29) is 17.4 Å². The molecule has 30 heavy (non-hydrogen) atoms. The summed E-state index contributed by atoms with van der Waals surface area (Å²) in [5.41, 5.74) is 2.09. The summed E-state index contributed by atoms with van der Waals surface area (Å²) < 4.78 is 45.9. The van der Waals surface area contributed by atoms with Gasteiger partial charge in [0.1, 0.15) is 5.82 Å². The number of hydrogen-bond acceptors (Lipinski definition) is 5. The Morgan fingerprint density at radius 2 is 1.80 bits per heavy atom. The molecule has 1 aliphatic heterocycles. The molecule has 0 bridgehead atoms. The van der Waals surface area contributed by atoms with Gasteiger partial charge in [-0.15, -0.1) is 0 Å². The van der Waals surface area contributed by atoms with E-state index in [1.165, 1.54) is 22.0 Å². The van der Waals surface area contributed by atoms with Crippen molar-refractivity contribution in [2.45, 2.75) is 43.4 Å². The Kier molecular flexibility index (Phi) is 5.71. The van der Waals surface area contributed by atoms with Gasteiger partial charge in [-0.2, -0.15) is 9.29 Å². The van der Waals surface area contributed by atoms with Crippen LogP contribution in [0.25, 0.3) is 11.4 Å². The quantitative estimate of drug-likeness (QED) is 0.594. The van der Waals surface area contributed by atoms with Crippen LogP contribution in [0, 0.1) is 5.82 Å². The second-order valence-corrected chi connectivity index (χ2v) is 9.83. The number of benzene rings is 2. The van der Waals surface area contributed by atoms with Gasteiger partial charge in [0.25, 0.3) is 0 Å². The molecule has 0 aliphatic carbocycles. The number of rotatable bonds is 5. The Morgan fingerprint density at radius 3 is 2.47 bits per heavy atom. The second-order valence-electron chi connectivity index (χ2n) is 7.89. The maximum Gasteiger partial charge on any atom is 0.243 e. The summed E-state index contributed by atoms with van der Waals surface area (Å²) in [4.78, 5) is 4.61. The molecule has 6 nitrogen and oxygen atoms in total. The molecule has 1 aliphatic rings. The van der Waals surface area contributed by atoms with E-state index in [2.05, 4.69) is 24.0 Å². The third kappa shape index (κ3) is 4.15. The van der Waals surface area contributed by atoms with Gasteiger partial charge in [0, 0.05) is 18.7 Å². The molecule has 0 N–H and O–H groups in total. The van der Waals surface area contributed by atoms with Gasteiger partial charge >= 0.3 is 0 Å². The number of nitrogens with zero attached hydrogens (tertiary/aromatic N) is 3. The highest BCUT2D eigenvalue weighted by Gasteiger charge is 2.33. The number of sulfonamides is 1. The van der Waals surface area contributed by atoms with E-state index in [9.17, 15) is 12.8 Å². The second kappa shape index (κ2) is 8.28. The standard InChI is InChI=1S/C22H24FN3O3S/c1-15(2)16-5-7-17(8-6-16)21-24-22(29-25-21)18-4-3-13-26(14-18)30(27,28)20-11-9-19(23)10-12-20/h5-12,15,18H,3-4,13-14H2,1-2H3/t18-/m0/s1. The molecule has 4 rings (SSSR count). The fourth-order valence-corrected chi connectivity index (χ4v) is 5.18. The topological polar surface area (TPSA) is 76.3 Å². The lowest BCUT2D eigenvalue weighted by atomic mass is 9.99. The van der Waals surface area contributed by atoms with Crippen LogP contribution < -0.4 is 0 Å². The monoisotopic (exact) mass is 429 g/mol. The molecule has 2 heterocycles. The summed E-state index contributed by atoms with van der Waals surface area (Å²) in [6.45, 7) is 4.94. The van der Waals surface area contributed by atoms with Crippen molar-refractivity contribution in [3.05, 3.63) is 65.8 Å². The zero-order chi connectivity index (χ0) is 21.3. The van der Waals surface area contributed by atoms with Gasteiger partial charge in [-0.25, -0.2) is 12.8 Å². The maximum absolute atomic E-state index is 13.2. The molecule has 1 atom stereocenters. The Morgan fingerprint density at radius 1 is 1.10 bits per heavy atom. The molecule has 1 aromatic heterocycles. The molecule has 2 aromatic carbocycles. The lowest BCUT2D eigenvalue weighted by Crippen LogP contribution is -2.39. The summed E-state index contributed by atoms with van der Waals surface area (Å²) in [5.74, 6) is 0.738. The van der Waals surface area contributed by atoms with Gasteiger partial charge in [-0.05, 0) is 48.6 Å². The van der Waals surface area contributed by atoms with Crippen LogP contribution in [0.1, 0.15) is 50.0 Å². The highest BCUT2D eigenvalue weighted by atomic mass is 32.2. The van der Waals surface area contributed by atoms with Crippen LogP contribution in [-0.4, -0.2) is 36.0 Å². The third-order valence-electron chi connectivity index (χ3n) is 5.46. The Hall–Kier alpha value is -2.58. The lowest BCUT2D eigenvalue weighted by molar-refractivity contribution is 0.265. The first-order chi connectivity index (χ1) is 14.3. The molecular formula is C22H24FN3O3S. The Labute approximate surface area is 175 Å². The molecule has 1 saturated heterocycles. The summed E-state index contributed by atoms with van der Waals surface area (Å²) >= 11 is 0. The predicted octanol–water partition coefficient (Wildman–Crippen LogP) is 4.57. The summed E-state index contributed by atoms with van der Waals surface area (Å²) in [6, 6.07) is 12.9. The Balaban J connectivity index is 1.52. The van der Waals surface area contributed by atoms with Crippen molar-refractivity contribution < 1.29 is 17.3 Å². The zero-order valence-corrected chi connectivity index (χ0v) is 17.8. The van der Waals surface area contributed by atoms with Crippen molar-refractivity contribution in [2.75, 3.05) is 13.1 Å². The van der Waals surface area contributed by atoms with Crippen molar-refractivity contribution in [3.8, 4) is 11.4 Å². The summed E-state index contributed by atoms with van der Waals surface area (Å²) in [6.07, 6.45) is 1.45. The van der Waals surface area contributed by atoms with Crippen LogP contribution in [0.4, 0.5) is 4.39 Å². The van der Waals surface area contributed by atoms with E-state index >= 15 is 0 Å². The average molecular weight is 430 g/mol. The first kappa shape index (κ1) is 20.7. The minimum atomic E-state index is -3.70. The number of hydrogen-bond donors (Lipinski definition) is 0. The van der Waals surface area contributed by atoms with Gasteiger partial charge in [0.15, 0.2) is 0 Å². The van der Waals surface area contributed by atoms with Crippen LogP contribution in [0.15, 0.2) is 57.9 Å². The number of piperidine rings is 1. The minimum Gasteiger partial charge on any atom is -0.339 e. The molecule has 0 radical (unpaired) electrons. The largest absolute Gasteiger partial charge is 0.339 e. The number of aromatic nitrogens is 2. The molecule has 1 fully saturated rings.